The largest absolute Gasteiger partial charge is 0.480 e. The first-order valence-electron chi connectivity index (χ1n) is 6.78. The van der Waals surface area contributed by atoms with Gasteiger partial charge < -0.3 is 15.5 Å². The van der Waals surface area contributed by atoms with Crippen molar-refractivity contribution in [2.45, 2.75) is 13.3 Å². The summed E-state index contributed by atoms with van der Waals surface area (Å²) >= 11 is 12.0. The van der Waals surface area contributed by atoms with Crippen LogP contribution in [0.2, 0.25) is 10.0 Å². The van der Waals surface area contributed by atoms with Crippen LogP contribution in [0.25, 0.3) is 0 Å². The molecule has 1 heterocycles. The number of hydrogen-bond acceptors (Lipinski definition) is 5. The molecule has 0 saturated carbocycles. The molecule has 0 unspecified atom stereocenters. The topological polar surface area (TPSA) is 112 Å². The molecule has 0 fully saturated rings. The van der Waals surface area contributed by atoms with Crippen LogP contribution in [0.1, 0.15) is 27.4 Å². The van der Waals surface area contributed by atoms with E-state index >= 15 is 0 Å². The van der Waals surface area contributed by atoms with Gasteiger partial charge in [0.15, 0.2) is 0 Å². The monoisotopic (exact) mass is 369 g/mol. The molecule has 1 aromatic carbocycles. The highest BCUT2D eigenvalue weighted by molar-refractivity contribution is 6.35. The Bertz CT molecular complexity index is 812. The van der Waals surface area contributed by atoms with Gasteiger partial charge in [0.25, 0.3) is 0 Å². The van der Waals surface area contributed by atoms with E-state index in [9.17, 15) is 9.59 Å². The van der Waals surface area contributed by atoms with E-state index in [0.717, 1.165) is 5.56 Å². The third-order valence-electron chi connectivity index (χ3n) is 3.19. The molecule has 0 aliphatic heterocycles. The Morgan fingerprint density at radius 2 is 1.92 bits per heavy atom. The fourth-order valence-electron chi connectivity index (χ4n) is 2.06. The summed E-state index contributed by atoms with van der Waals surface area (Å²) in [6, 6.07) is 5.00. The first kappa shape index (κ1) is 18.0. The van der Waals surface area contributed by atoms with Gasteiger partial charge in [-0.3, -0.25) is 4.79 Å². The van der Waals surface area contributed by atoms with Crippen LogP contribution in [0.5, 0.6) is 0 Å². The van der Waals surface area contributed by atoms with Crippen molar-refractivity contribution in [3.05, 3.63) is 50.9 Å². The van der Waals surface area contributed by atoms with E-state index in [-0.39, 0.29) is 5.82 Å². The molecule has 1 aromatic heterocycles. The number of rotatable bonds is 6. The normalized spacial score (nSPS) is 10.5. The van der Waals surface area contributed by atoms with E-state index in [0.29, 0.717) is 27.7 Å². The summed E-state index contributed by atoms with van der Waals surface area (Å²) in [6.07, 6.45) is 0.295. The highest BCUT2D eigenvalue weighted by Crippen LogP contribution is 2.27. The van der Waals surface area contributed by atoms with Gasteiger partial charge in [-0.2, -0.15) is 0 Å². The van der Waals surface area contributed by atoms with Gasteiger partial charge in [-0.25, -0.2) is 14.8 Å². The summed E-state index contributed by atoms with van der Waals surface area (Å²) in [5.74, 6) is -2.66. The molecule has 0 aliphatic carbocycles. The van der Waals surface area contributed by atoms with E-state index in [1.807, 2.05) is 0 Å². The summed E-state index contributed by atoms with van der Waals surface area (Å²) in [5.41, 5.74) is 1.71. The number of aromatic nitrogens is 2. The minimum absolute atomic E-state index is 0.147. The summed E-state index contributed by atoms with van der Waals surface area (Å²) in [7, 11) is 0. The number of carbonyl (C=O) groups is 2. The van der Waals surface area contributed by atoms with Crippen molar-refractivity contribution in [2.24, 2.45) is 0 Å². The third kappa shape index (κ3) is 4.33. The zero-order valence-corrected chi connectivity index (χ0v) is 14.0. The Hall–Kier alpha value is -2.38. The molecule has 126 valence electrons. The van der Waals surface area contributed by atoms with Crippen molar-refractivity contribution >= 4 is 41.0 Å². The van der Waals surface area contributed by atoms with Gasteiger partial charge >= 0.3 is 11.9 Å². The zero-order chi connectivity index (χ0) is 17.9. The molecule has 0 atom stereocenters. The van der Waals surface area contributed by atoms with Crippen LogP contribution in [0, 0.1) is 6.92 Å². The second-order valence-electron chi connectivity index (χ2n) is 4.92. The lowest BCUT2D eigenvalue weighted by Crippen LogP contribution is -2.18. The lowest BCUT2D eigenvalue weighted by molar-refractivity contribution is -0.134. The summed E-state index contributed by atoms with van der Waals surface area (Å²) in [6.45, 7) is 1.22. The van der Waals surface area contributed by atoms with Gasteiger partial charge in [0.1, 0.15) is 12.4 Å². The number of nitrogens with one attached hydrogen (secondary N) is 1. The third-order valence-corrected chi connectivity index (χ3v) is 3.78. The van der Waals surface area contributed by atoms with Crippen LogP contribution in [0.3, 0.4) is 0 Å². The lowest BCUT2D eigenvalue weighted by atomic mass is 10.0. The molecule has 2 aromatic rings. The number of aromatic carboxylic acids is 1. The summed E-state index contributed by atoms with van der Waals surface area (Å²) in [5, 5.41) is 21.4. The highest BCUT2D eigenvalue weighted by atomic mass is 35.5. The molecule has 2 rings (SSSR count). The van der Waals surface area contributed by atoms with Crippen molar-refractivity contribution in [2.75, 3.05) is 11.9 Å². The predicted octanol–water partition coefficient (Wildman–Crippen LogP) is 2.88. The standard InChI is InChI=1S/C15H13Cl2N3O4/c1-7-10(4-8-2-3-9(16)5-11(8)17)13(18-6-12(21)22)20-14(19-7)15(23)24/h2-3,5H,4,6H2,1H3,(H,21,22)(H,23,24)(H,18,19,20). The minimum Gasteiger partial charge on any atom is -0.480 e. The van der Waals surface area contributed by atoms with Crippen LogP contribution in [-0.4, -0.2) is 38.7 Å². The van der Waals surface area contributed by atoms with E-state index in [1.54, 1.807) is 25.1 Å². The number of halogens is 2. The van der Waals surface area contributed by atoms with Crippen molar-refractivity contribution in [1.29, 1.82) is 0 Å². The van der Waals surface area contributed by atoms with Crippen LogP contribution < -0.4 is 5.32 Å². The van der Waals surface area contributed by atoms with Gasteiger partial charge in [-0.15, -0.1) is 0 Å². The second kappa shape index (κ2) is 7.46. The number of nitrogens with zero attached hydrogens (tertiary/aromatic N) is 2. The van der Waals surface area contributed by atoms with Crippen molar-refractivity contribution < 1.29 is 19.8 Å². The maximum atomic E-state index is 11.1. The molecule has 0 radical (unpaired) electrons. The van der Waals surface area contributed by atoms with Crippen molar-refractivity contribution in [1.82, 2.24) is 9.97 Å². The Morgan fingerprint density at radius 1 is 1.21 bits per heavy atom. The SMILES string of the molecule is Cc1nc(C(=O)O)nc(NCC(=O)O)c1Cc1ccc(Cl)cc1Cl. The van der Waals surface area contributed by atoms with E-state index in [1.165, 1.54) is 0 Å². The number of aryl methyl sites for hydroxylation is 1. The Morgan fingerprint density at radius 3 is 2.50 bits per heavy atom. The minimum atomic E-state index is -1.30. The van der Waals surface area contributed by atoms with Crippen LogP contribution >= 0.6 is 23.2 Å². The van der Waals surface area contributed by atoms with Crippen LogP contribution in [0.15, 0.2) is 18.2 Å². The molecule has 0 amide bonds. The van der Waals surface area contributed by atoms with E-state index < -0.39 is 24.3 Å². The Balaban J connectivity index is 2.46. The summed E-state index contributed by atoms with van der Waals surface area (Å²) in [4.78, 5) is 29.7. The summed E-state index contributed by atoms with van der Waals surface area (Å²) < 4.78 is 0. The molecular weight excluding hydrogens is 357 g/mol. The molecule has 3 N–H and O–H groups in total. The number of aliphatic carboxylic acids is 1. The van der Waals surface area contributed by atoms with Gasteiger partial charge in [-0.05, 0) is 24.6 Å². The Kier molecular flexibility index (Phi) is 5.58. The maximum Gasteiger partial charge on any atom is 0.374 e. The average Bonchev–Trinajstić information content (AvgIpc) is 2.49. The molecule has 0 bridgehead atoms. The molecule has 0 aliphatic rings. The lowest BCUT2D eigenvalue weighted by Gasteiger charge is -2.14. The number of anilines is 1. The maximum absolute atomic E-state index is 11.1. The quantitative estimate of drug-likeness (QED) is 0.717. The second-order valence-corrected chi connectivity index (χ2v) is 5.77. The Labute approximate surface area is 147 Å². The number of benzene rings is 1. The van der Waals surface area contributed by atoms with Gasteiger partial charge in [0.2, 0.25) is 5.82 Å². The molecular formula is C15H13Cl2N3O4. The van der Waals surface area contributed by atoms with Gasteiger partial charge in [0, 0.05) is 27.7 Å². The first-order chi connectivity index (χ1) is 11.3. The zero-order valence-electron chi connectivity index (χ0n) is 12.5. The molecule has 0 saturated heterocycles. The van der Waals surface area contributed by atoms with Crippen molar-refractivity contribution in [3.63, 3.8) is 0 Å². The van der Waals surface area contributed by atoms with E-state index in [2.05, 4.69) is 15.3 Å². The smallest absolute Gasteiger partial charge is 0.374 e. The van der Waals surface area contributed by atoms with E-state index in [4.69, 9.17) is 33.4 Å². The number of hydrogen-bond donors (Lipinski definition) is 3. The van der Waals surface area contributed by atoms with Crippen LogP contribution in [-0.2, 0) is 11.2 Å². The highest BCUT2D eigenvalue weighted by Gasteiger charge is 2.17. The average molecular weight is 370 g/mol. The molecule has 0 spiro atoms. The predicted molar refractivity (Wildman–Crippen MR) is 89.1 cm³/mol. The first-order valence-corrected chi connectivity index (χ1v) is 7.54. The fourth-order valence-corrected chi connectivity index (χ4v) is 2.54. The van der Waals surface area contributed by atoms with Crippen molar-refractivity contribution in [3.8, 4) is 0 Å². The number of carboxylic acid groups (broad SMARTS) is 2. The molecule has 9 heteroatoms. The molecule has 24 heavy (non-hydrogen) atoms. The molecule has 7 nitrogen and oxygen atoms in total. The van der Waals surface area contributed by atoms with Gasteiger partial charge in [-0.1, -0.05) is 29.3 Å². The fraction of sp³-hybridized carbons (Fsp3) is 0.200. The number of carboxylic acids is 2. The van der Waals surface area contributed by atoms with Crippen LogP contribution in [0.4, 0.5) is 5.82 Å². The van der Waals surface area contributed by atoms with Gasteiger partial charge in [0.05, 0.1) is 0 Å².